The standard InChI is InChI=1S/C7H8O.C5H11NO.2C2H6/c1-6-2-4-7(8)5-3-6;1-3-6-4-5(2)7;2*1-2/h2-5,8H,1H3;6H,3-4H2,1-2H3;2*1-2H3. The molecule has 0 atom stereocenters. The number of hydrogen-bond donors (Lipinski definition) is 2. The number of carbonyl (C=O) groups excluding carboxylic acids is 1. The predicted molar refractivity (Wildman–Crippen MR) is 84.8 cm³/mol. The number of ketones is 1. The van der Waals surface area contributed by atoms with Gasteiger partial charge in [0.05, 0.1) is 6.54 Å². The van der Waals surface area contributed by atoms with Crippen molar-refractivity contribution < 1.29 is 9.90 Å². The molecular formula is C16H31NO2. The van der Waals surface area contributed by atoms with Gasteiger partial charge in [0.25, 0.3) is 0 Å². The quantitative estimate of drug-likeness (QED) is 0.874. The Bertz CT molecular complexity index is 260. The molecule has 0 spiro atoms. The number of aromatic hydroxyl groups is 1. The van der Waals surface area contributed by atoms with E-state index in [1.165, 1.54) is 5.56 Å². The molecule has 0 aliphatic heterocycles. The highest BCUT2D eigenvalue weighted by atomic mass is 16.3. The summed E-state index contributed by atoms with van der Waals surface area (Å²) in [6, 6.07) is 7.09. The summed E-state index contributed by atoms with van der Waals surface area (Å²) in [6.07, 6.45) is 0. The van der Waals surface area contributed by atoms with Crippen molar-refractivity contribution in [1.29, 1.82) is 0 Å². The van der Waals surface area contributed by atoms with Gasteiger partial charge in [0, 0.05) is 0 Å². The van der Waals surface area contributed by atoms with Crippen molar-refractivity contribution in [2.45, 2.75) is 48.5 Å². The van der Waals surface area contributed by atoms with Crippen molar-refractivity contribution in [3.8, 4) is 5.75 Å². The van der Waals surface area contributed by atoms with E-state index >= 15 is 0 Å². The summed E-state index contributed by atoms with van der Waals surface area (Å²) >= 11 is 0. The number of Topliss-reactive ketones (excluding diaryl/α,β-unsaturated/α-hetero) is 1. The van der Waals surface area contributed by atoms with Crippen molar-refractivity contribution in [1.82, 2.24) is 5.32 Å². The van der Waals surface area contributed by atoms with Gasteiger partial charge < -0.3 is 10.4 Å². The predicted octanol–water partition coefficient (Wildman–Crippen LogP) is 3.94. The second-order valence-corrected chi connectivity index (χ2v) is 3.32. The van der Waals surface area contributed by atoms with E-state index in [0.717, 1.165) is 6.54 Å². The highest BCUT2D eigenvalue weighted by Gasteiger charge is 1.85. The summed E-state index contributed by atoms with van der Waals surface area (Å²) in [7, 11) is 0. The van der Waals surface area contributed by atoms with Crippen LogP contribution in [0.3, 0.4) is 0 Å². The van der Waals surface area contributed by atoms with Crippen molar-refractivity contribution in [3.05, 3.63) is 29.8 Å². The highest BCUT2D eigenvalue weighted by molar-refractivity contribution is 5.77. The molecule has 3 nitrogen and oxygen atoms in total. The molecule has 1 rings (SSSR count). The fraction of sp³-hybridized carbons (Fsp3) is 0.562. The minimum absolute atomic E-state index is 0.196. The van der Waals surface area contributed by atoms with Gasteiger partial charge in [-0.15, -0.1) is 0 Å². The van der Waals surface area contributed by atoms with Gasteiger partial charge in [-0.05, 0) is 32.5 Å². The lowest BCUT2D eigenvalue weighted by atomic mass is 10.2. The molecule has 0 bridgehead atoms. The summed E-state index contributed by atoms with van der Waals surface area (Å²) < 4.78 is 0. The average Bonchev–Trinajstić information content (AvgIpc) is 2.45. The number of rotatable bonds is 3. The van der Waals surface area contributed by atoms with Crippen molar-refractivity contribution in [2.24, 2.45) is 0 Å². The van der Waals surface area contributed by atoms with Gasteiger partial charge in [-0.25, -0.2) is 0 Å². The van der Waals surface area contributed by atoms with Crippen LogP contribution >= 0.6 is 0 Å². The van der Waals surface area contributed by atoms with E-state index in [0.29, 0.717) is 12.3 Å². The molecule has 112 valence electrons. The first kappa shape index (κ1) is 22.8. The van der Waals surface area contributed by atoms with Crippen LogP contribution in [-0.2, 0) is 4.79 Å². The molecule has 0 saturated heterocycles. The number of likely N-dealkylation sites (N-methyl/N-ethyl adjacent to an activating group) is 1. The fourth-order valence-corrected chi connectivity index (χ4v) is 0.846. The summed E-state index contributed by atoms with van der Waals surface area (Å²) in [5, 5.41) is 11.7. The smallest absolute Gasteiger partial charge is 0.143 e. The maximum Gasteiger partial charge on any atom is 0.143 e. The topological polar surface area (TPSA) is 49.3 Å². The zero-order chi connectivity index (χ0) is 15.7. The largest absolute Gasteiger partial charge is 0.508 e. The molecule has 0 aliphatic rings. The van der Waals surface area contributed by atoms with Gasteiger partial charge in [-0.1, -0.05) is 52.3 Å². The molecule has 0 aromatic heterocycles. The van der Waals surface area contributed by atoms with E-state index in [9.17, 15) is 4.79 Å². The Morgan fingerprint density at radius 3 is 1.74 bits per heavy atom. The zero-order valence-electron chi connectivity index (χ0n) is 13.6. The second kappa shape index (κ2) is 19.0. The van der Waals surface area contributed by atoms with Crippen LogP contribution in [0.15, 0.2) is 24.3 Å². The molecule has 0 fully saturated rings. The van der Waals surface area contributed by atoms with E-state index in [1.54, 1.807) is 19.1 Å². The monoisotopic (exact) mass is 269 g/mol. The molecule has 0 amide bonds. The average molecular weight is 269 g/mol. The number of nitrogens with one attached hydrogen (secondary N) is 1. The molecular weight excluding hydrogens is 238 g/mol. The second-order valence-electron chi connectivity index (χ2n) is 3.32. The van der Waals surface area contributed by atoms with Crippen LogP contribution in [0.1, 0.15) is 47.1 Å². The number of benzene rings is 1. The van der Waals surface area contributed by atoms with Gasteiger partial charge in [-0.2, -0.15) is 0 Å². The Kier molecular flexibility index (Phi) is 22.8. The molecule has 0 heterocycles. The number of carbonyl (C=O) groups is 1. The van der Waals surface area contributed by atoms with Crippen LogP contribution in [0.5, 0.6) is 5.75 Å². The SMILES string of the molecule is CC.CC.CCNCC(C)=O.Cc1ccc(O)cc1. The number of hydrogen-bond acceptors (Lipinski definition) is 3. The van der Waals surface area contributed by atoms with Gasteiger partial charge in [-0.3, -0.25) is 4.79 Å². The van der Waals surface area contributed by atoms with Crippen LogP contribution < -0.4 is 5.32 Å². The molecule has 0 saturated carbocycles. The Morgan fingerprint density at radius 1 is 1.11 bits per heavy atom. The maximum atomic E-state index is 10.1. The lowest BCUT2D eigenvalue weighted by Crippen LogP contribution is -2.19. The summed E-state index contributed by atoms with van der Waals surface area (Å²) in [5.74, 6) is 0.525. The third-order valence-corrected chi connectivity index (χ3v) is 1.66. The first-order chi connectivity index (χ1) is 9.06. The Labute approximate surface area is 119 Å². The molecule has 2 N–H and O–H groups in total. The van der Waals surface area contributed by atoms with Gasteiger partial charge in [0.1, 0.15) is 11.5 Å². The molecule has 1 aromatic rings. The van der Waals surface area contributed by atoms with Gasteiger partial charge >= 0.3 is 0 Å². The first-order valence-electron chi connectivity index (χ1n) is 7.02. The van der Waals surface area contributed by atoms with Crippen LogP contribution in [0.25, 0.3) is 0 Å². The van der Waals surface area contributed by atoms with E-state index < -0.39 is 0 Å². The molecule has 3 heteroatoms. The van der Waals surface area contributed by atoms with Crippen LogP contribution in [0, 0.1) is 6.92 Å². The van der Waals surface area contributed by atoms with Crippen LogP contribution in [0.2, 0.25) is 0 Å². The number of aryl methyl sites for hydroxylation is 1. The molecule has 0 aliphatic carbocycles. The van der Waals surface area contributed by atoms with E-state index in [4.69, 9.17) is 5.11 Å². The third kappa shape index (κ3) is 22.3. The Hall–Kier alpha value is -1.35. The van der Waals surface area contributed by atoms with E-state index in [2.05, 4.69) is 5.32 Å². The number of phenols is 1. The van der Waals surface area contributed by atoms with Gasteiger partial charge in [0.2, 0.25) is 0 Å². The minimum Gasteiger partial charge on any atom is -0.508 e. The van der Waals surface area contributed by atoms with Crippen molar-refractivity contribution in [2.75, 3.05) is 13.1 Å². The lowest BCUT2D eigenvalue weighted by Gasteiger charge is -1.91. The Morgan fingerprint density at radius 2 is 1.53 bits per heavy atom. The first-order valence-corrected chi connectivity index (χ1v) is 7.02. The zero-order valence-corrected chi connectivity index (χ0v) is 13.6. The van der Waals surface area contributed by atoms with Gasteiger partial charge in [0.15, 0.2) is 0 Å². The molecule has 19 heavy (non-hydrogen) atoms. The lowest BCUT2D eigenvalue weighted by molar-refractivity contribution is -0.116. The third-order valence-electron chi connectivity index (χ3n) is 1.66. The maximum absolute atomic E-state index is 10.1. The summed E-state index contributed by atoms with van der Waals surface area (Å²) in [6.45, 7) is 14.9. The van der Waals surface area contributed by atoms with Crippen molar-refractivity contribution >= 4 is 5.78 Å². The van der Waals surface area contributed by atoms with Crippen molar-refractivity contribution in [3.63, 3.8) is 0 Å². The normalized spacial score (nSPS) is 7.74. The molecule has 1 aromatic carbocycles. The fourth-order valence-electron chi connectivity index (χ4n) is 0.846. The van der Waals surface area contributed by atoms with E-state index in [1.807, 2.05) is 53.7 Å². The molecule has 0 radical (unpaired) electrons. The Balaban J connectivity index is -0.000000215. The summed E-state index contributed by atoms with van der Waals surface area (Å²) in [5.41, 5.74) is 1.17. The van der Waals surface area contributed by atoms with Crippen LogP contribution in [-0.4, -0.2) is 24.0 Å². The number of phenolic OH excluding ortho intramolecular Hbond substituents is 1. The van der Waals surface area contributed by atoms with E-state index in [-0.39, 0.29) is 5.78 Å². The molecule has 0 unspecified atom stereocenters. The minimum atomic E-state index is 0.196. The highest BCUT2D eigenvalue weighted by Crippen LogP contribution is 2.07. The van der Waals surface area contributed by atoms with Crippen LogP contribution in [0.4, 0.5) is 0 Å². The summed E-state index contributed by atoms with van der Waals surface area (Å²) in [4.78, 5) is 10.1.